The van der Waals surface area contributed by atoms with Crippen LogP contribution in [-0.2, 0) is 0 Å². The zero-order valence-electron chi connectivity index (χ0n) is 13.4. The zero-order chi connectivity index (χ0) is 18.5. The van der Waals surface area contributed by atoms with E-state index in [9.17, 15) is 14.9 Å². The molecule has 0 aliphatic rings. The molecule has 0 aliphatic carbocycles. The molecule has 0 saturated heterocycles. The number of hydrazone groups is 1. The van der Waals surface area contributed by atoms with Crippen LogP contribution in [0.5, 0.6) is 0 Å². The number of para-hydroxylation sites is 1. The third-order valence-corrected chi connectivity index (χ3v) is 3.54. The van der Waals surface area contributed by atoms with Crippen molar-refractivity contribution in [3.8, 4) is 5.69 Å². The van der Waals surface area contributed by atoms with E-state index in [0.29, 0.717) is 5.56 Å². The van der Waals surface area contributed by atoms with Gasteiger partial charge in [-0.15, -0.1) is 0 Å². The van der Waals surface area contributed by atoms with Gasteiger partial charge in [-0.25, -0.2) is 10.1 Å². The average molecular weight is 350 g/mol. The van der Waals surface area contributed by atoms with Gasteiger partial charge in [-0.1, -0.05) is 18.2 Å². The maximum atomic E-state index is 12.2. The number of hydrogen-bond acceptors (Lipinski definition) is 6. The number of nitro benzene ring substituents is 1. The molecule has 0 atom stereocenters. The molecule has 0 unspecified atom stereocenters. The summed E-state index contributed by atoms with van der Waals surface area (Å²) in [5.41, 5.74) is 9.85. The molecule has 0 saturated carbocycles. The highest BCUT2D eigenvalue weighted by Crippen LogP contribution is 2.16. The van der Waals surface area contributed by atoms with Crippen LogP contribution in [0.4, 0.5) is 11.5 Å². The molecule has 3 aromatic rings. The standard InChI is InChI=1S/C17H14N6O3/c18-16-15(11-20-22(16)13-4-2-1-3-5-13)17(24)21-19-10-12-6-8-14(9-7-12)23(25)26/h1-11H,18H2,(H,21,24). The second kappa shape index (κ2) is 7.26. The Balaban J connectivity index is 1.69. The molecule has 0 aliphatic heterocycles. The normalized spacial score (nSPS) is 10.8. The number of nitrogens with two attached hydrogens (primary N) is 1. The molecule has 26 heavy (non-hydrogen) atoms. The third kappa shape index (κ3) is 3.56. The predicted octanol–water partition coefficient (Wildman–Crippen LogP) is 2.13. The molecular formula is C17H14N6O3. The number of rotatable bonds is 5. The highest BCUT2D eigenvalue weighted by Gasteiger charge is 2.15. The highest BCUT2D eigenvalue weighted by atomic mass is 16.6. The molecule has 2 aromatic carbocycles. The lowest BCUT2D eigenvalue weighted by molar-refractivity contribution is -0.384. The molecular weight excluding hydrogens is 336 g/mol. The Bertz CT molecular complexity index is 964. The summed E-state index contributed by atoms with van der Waals surface area (Å²) in [4.78, 5) is 22.3. The topological polar surface area (TPSA) is 128 Å². The van der Waals surface area contributed by atoms with E-state index in [1.165, 1.54) is 41.4 Å². The number of hydrogen-bond donors (Lipinski definition) is 2. The van der Waals surface area contributed by atoms with Gasteiger partial charge in [0.25, 0.3) is 11.6 Å². The number of non-ortho nitro benzene ring substituents is 1. The minimum Gasteiger partial charge on any atom is -0.383 e. The lowest BCUT2D eigenvalue weighted by Crippen LogP contribution is -2.18. The molecule has 3 N–H and O–H groups in total. The number of carbonyl (C=O) groups excluding carboxylic acids is 1. The Morgan fingerprint density at radius 1 is 1.19 bits per heavy atom. The Kier molecular flexibility index (Phi) is 4.70. The largest absolute Gasteiger partial charge is 0.383 e. The van der Waals surface area contributed by atoms with Crippen molar-refractivity contribution in [1.82, 2.24) is 15.2 Å². The van der Waals surface area contributed by atoms with Gasteiger partial charge in [0.1, 0.15) is 11.4 Å². The van der Waals surface area contributed by atoms with E-state index in [-0.39, 0.29) is 17.1 Å². The highest BCUT2D eigenvalue weighted by molar-refractivity contribution is 5.98. The van der Waals surface area contributed by atoms with E-state index < -0.39 is 10.8 Å². The van der Waals surface area contributed by atoms with Gasteiger partial charge in [0.05, 0.1) is 23.0 Å². The third-order valence-electron chi connectivity index (χ3n) is 3.54. The van der Waals surface area contributed by atoms with Crippen LogP contribution >= 0.6 is 0 Å². The second-order valence-corrected chi connectivity index (χ2v) is 5.24. The van der Waals surface area contributed by atoms with Gasteiger partial charge in [0.15, 0.2) is 0 Å². The van der Waals surface area contributed by atoms with Gasteiger partial charge in [-0.05, 0) is 29.8 Å². The van der Waals surface area contributed by atoms with Crippen molar-refractivity contribution in [3.05, 3.63) is 82.0 Å². The fourth-order valence-corrected chi connectivity index (χ4v) is 2.22. The number of nitrogens with one attached hydrogen (secondary N) is 1. The first-order valence-corrected chi connectivity index (χ1v) is 7.53. The van der Waals surface area contributed by atoms with E-state index >= 15 is 0 Å². The number of benzene rings is 2. The number of nitro groups is 1. The van der Waals surface area contributed by atoms with E-state index in [2.05, 4.69) is 15.6 Å². The molecule has 1 amide bonds. The van der Waals surface area contributed by atoms with Crippen LogP contribution in [0.1, 0.15) is 15.9 Å². The van der Waals surface area contributed by atoms with Gasteiger partial charge in [-0.2, -0.15) is 10.2 Å². The maximum Gasteiger partial charge on any atom is 0.276 e. The van der Waals surface area contributed by atoms with Crippen LogP contribution in [0, 0.1) is 10.1 Å². The first kappa shape index (κ1) is 16.8. The van der Waals surface area contributed by atoms with Crippen molar-refractivity contribution in [2.75, 3.05) is 5.73 Å². The maximum absolute atomic E-state index is 12.2. The lowest BCUT2D eigenvalue weighted by Gasteiger charge is -2.04. The van der Waals surface area contributed by atoms with Gasteiger partial charge in [-0.3, -0.25) is 14.9 Å². The van der Waals surface area contributed by atoms with Crippen LogP contribution in [0.2, 0.25) is 0 Å². The van der Waals surface area contributed by atoms with Crippen molar-refractivity contribution in [2.24, 2.45) is 5.10 Å². The average Bonchev–Trinajstić information content (AvgIpc) is 3.04. The fraction of sp³-hybridized carbons (Fsp3) is 0. The fourth-order valence-electron chi connectivity index (χ4n) is 2.22. The number of nitrogens with zero attached hydrogens (tertiary/aromatic N) is 4. The summed E-state index contributed by atoms with van der Waals surface area (Å²) in [6.45, 7) is 0. The molecule has 0 fully saturated rings. The van der Waals surface area contributed by atoms with Gasteiger partial charge in [0.2, 0.25) is 0 Å². The van der Waals surface area contributed by atoms with E-state index in [1.54, 1.807) is 0 Å². The number of aromatic nitrogens is 2. The molecule has 1 heterocycles. The molecule has 0 bridgehead atoms. The Labute approximate surface area is 147 Å². The van der Waals surface area contributed by atoms with Crippen LogP contribution in [0.15, 0.2) is 65.9 Å². The molecule has 1 aromatic heterocycles. The van der Waals surface area contributed by atoms with Crippen LogP contribution in [0.3, 0.4) is 0 Å². The van der Waals surface area contributed by atoms with Crippen molar-refractivity contribution >= 4 is 23.6 Å². The van der Waals surface area contributed by atoms with Crippen LogP contribution in [-0.4, -0.2) is 26.8 Å². The van der Waals surface area contributed by atoms with Crippen molar-refractivity contribution in [2.45, 2.75) is 0 Å². The summed E-state index contributed by atoms with van der Waals surface area (Å²) < 4.78 is 1.45. The monoisotopic (exact) mass is 350 g/mol. The first-order valence-electron chi connectivity index (χ1n) is 7.53. The number of carbonyl (C=O) groups is 1. The van der Waals surface area contributed by atoms with Crippen LogP contribution < -0.4 is 11.2 Å². The SMILES string of the molecule is Nc1c(C(=O)NN=Cc2ccc([N+](=O)[O-])cc2)cnn1-c1ccccc1. The summed E-state index contributed by atoms with van der Waals surface area (Å²) >= 11 is 0. The molecule has 9 nitrogen and oxygen atoms in total. The molecule has 0 radical (unpaired) electrons. The summed E-state index contributed by atoms with van der Waals surface area (Å²) in [5.74, 6) is -0.318. The summed E-state index contributed by atoms with van der Waals surface area (Å²) in [6, 6.07) is 14.9. The number of anilines is 1. The van der Waals surface area contributed by atoms with Gasteiger partial charge >= 0.3 is 0 Å². The van der Waals surface area contributed by atoms with Crippen molar-refractivity contribution in [1.29, 1.82) is 0 Å². The summed E-state index contributed by atoms with van der Waals surface area (Å²) in [7, 11) is 0. The van der Waals surface area contributed by atoms with Crippen molar-refractivity contribution in [3.63, 3.8) is 0 Å². The Morgan fingerprint density at radius 3 is 2.54 bits per heavy atom. The second-order valence-electron chi connectivity index (χ2n) is 5.24. The first-order chi connectivity index (χ1) is 12.6. The summed E-state index contributed by atoms with van der Waals surface area (Å²) in [6.07, 6.45) is 2.73. The van der Waals surface area contributed by atoms with Gasteiger partial charge in [0, 0.05) is 12.1 Å². The van der Waals surface area contributed by atoms with E-state index in [0.717, 1.165) is 5.69 Å². The zero-order valence-corrected chi connectivity index (χ0v) is 13.4. The van der Waals surface area contributed by atoms with E-state index in [1.807, 2.05) is 30.3 Å². The predicted molar refractivity (Wildman–Crippen MR) is 96.1 cm³/mol. The molecule has 130 valence electrons. The minimum atomic E-state index is -0.511. The molecule has 0 spiro atoms. The number of nitrogen functional groups attached to an aromatic ring is 1. The molecule has 9 heteroatoms. The van der Waals surface area contributed by atoms with Crippen LogP contribution in [0.25, 0.3) is 5.69 Å². The summed E-state index contributed by atoms with van der Waals surface area (Å²) in [5, 5.41) is 18.5. The Morgan fingerprint density at radius 2 is 1.88 bits per heavy atom. The van der Waals surface area contributed by atoms with E-state index in [4.69, 9.17) is 5.73 Å². The lowest BCUT2D eigenvalue weighted by atomic mass is 10.2. The Hall–Kier alpha value is -4.01. The quantitative estimate of drug-likeness (QED) is 0.414. The number of amides is 1. The minimum absolute atomic E-state index is 0.0210. The smallest absolute Gasteiger partial charge is 0.276 e. The van der Waals surface area contributed by atoms with Gasteiger partial charge < -0.3 is 5.73 Å². The van der Waals surface area contributed by atoms with Crippen molar-refractivity contribution < 1.29 is 9.72 Å². The molecule has 3 rings (SSSR count).